The lowest BCUT2D eigenvalue weighted by atomic mass is 10.1. The number of hydrogen-bond donors (Lipinski definition) is 0. The third kappa shape index (κ3) is 8.56. The molecule has 0 aliphatic carbocycles. The van der Waals surface area contributed by atoms with Crippen molar-refractivity contribution in [1.29, 1.82) is 0 Å². The standard InChI is InChI=1S/C24H28O8/c1-4-5-6-7-8-9-22(29-31-23(25)18-10-14-20(27-2)15-11-18)30-32-24(26)19-12-16-21(28-3)17-13-19/h10-17H,1,4-9H2,2-3H3. The molecule has 0 bridgehead atoms. The van der Waals surface area contributed by atoms with Crippen LogP contribution in [0.4, 0.5) is 0 Å². The van der Waals surface area contributed by atoms with Crippen LogP contribution in [-0.2, 0) is 19.6 Å². The fourth-order valence-corrected chi connectivity index (χ4v) is 2.62. The summed E-state index contributed by atoms with van der Waals surface area (Å²) in [6.45, 7) is 3.81. The number of hydrogen-bond acceptors (Lipinski definition) is 8. The lowest BCUT2D eigenvalue weighted by Gasteiger charge is -2.13. The van der Waals surface area contributed by atoms with Crippen molar-refractivity contribution in [2.45, 2.75) is 38.5 Å². The van der Waals surface area contributed by atoms with Gasteiger partial charge < -0.3 is 9.47 Å². The van der Waals surface area contributed by atoms with E-state index in [-0.39, 0.29) is 23.8 Å². The van der Waals surface area contributed by atoms with Crippen molar-refractivity contribution in [3.05, 3.63) is 72.9 Å². The Morgan fingerprint density at radius 1 is 0.656 bits per heavy atom. The highest BCUT2D eigenvalue weighted by atomic mass is 17.3. The van der Waals surface area contributed by atoms with Gasteiger partial charge in [-0.05, 0) is 55.0 Å². The molecular weight excluding hydrogens is 416 g/mol. The van der Waals surface area contributed by atoms with Crippen LogP contribution in [-0.4, -0.2) is 26.2 Å². The van der Waals surface area contributed by atoms with Gasteiger partial charge in [0.25, 0.3) is 0 Å². The summed E-state index contributed by atoms with van der Waals surface area (Å²) in [5.74, 6) is -0.254. The molecule has 0 atom stereocenters. The van der Waals surface area contributed by atoms with Gasteiger partial charge in [-0.15, -0.1) is 9.78 Å². The third-order valence-electron chi connectivity index (χ3n) is 4.45. The summed E-state index contributed by atoms with van der Waals surface area (Å²) in [5.41, 5.74) is 0.520. The molecule has 2 aromatic carbocycles. The van der Waals surface area contributed by atoms with Crippen LogP contribution in [0.15, 0.2) is 48.5 Å². The minimum absolute atomic E-state index is 0.136. The molecule has 8 nitrogen and oxygen atoms in total. The zero-order valence-corrected chi connectivity index (χ0v) is 18.3. The van der Waals surface area contributed by atoms with Gasteiger partial charge in [0.2, 0.25) is 0 Å². The summed E-state index contributed by atoms with van der Waals surface area (Å²) >= 11 is 0. The van der Waals surface area contributed by atoms with Crippen molar-refractivity contribution in [2.75, 3.05) is 14.2 Å². The lowest BCUT2D eigenvalue weighted by molar-refractivity contribution is -0.363. The van der Waals surface area contributed by atoms with Gasteiger partial charge in [0.15, 0.2) is 0 Å². The SMILES string of the molecule is [CH2]CCCCCC[C](OOC(=O)c1ccc(OC)cc1)OOC(=O)c1ccc(OC)cc1. The van der Waals surface area contributed by atoms with Crippen LogP contribution < -0.4 is 9.47 Å². The molecule has 2 radical (unpaired) electrons. The Balaban J connectivity index is 1.89. The third-order valence-corrected chi connectivity index (χ3v) is 4.45. The predicted octanol–water partition coefficient (Wildman–Crippen LogP) is 5.24. The molecule has 0 amide bonds. The van der Waals surface area contributed by atoms with E-state index in [1.54, 1.807) is 24.3 Å². The summed E-state index contributed by atoms with van der Waals surface area (Å²) in [6.07, 6.45) is 4.60. The number of unbranched alkanes of at least 4 members (excludes halogenated alkanes) is 4. The van der Waals surface area contributed by atoms with Crippen LogP contribution in [0.3, 0.4) is 0 Å². The van der Waals surface area contributed by atoms with E-state index in [2.05, 4.69) is 6.92 Å². The molecular formula is C24H28O8. The highest BCUT2D eigenvalue weighted by Gasteiger charge is 2.21. The Bertz CT molecular complexity index is 753. The Morgan fingerprint density at radius 3 is 1.50 bits per heavy atom. The van der Waals surface area contributed by atoms with E-state index in [4.69, 9.17) is 29.0 Å². The maximum absolute atomic E-state index is 12.2. The molecule has 0 unspecified atom stereocenters. The summed E-state index contributed by atoms with van der Waals surface area (Å²) < 4.78 is 10.1. The quantitative estimate of drug-likeness (QED) is 0.222. The topological polar surface area (TPSA) is 89.5 Å². The van der Waals surface area contributed by atoms with Gasteiger partial charge in [-0.3, -0.25) is 9.78 Å². The number of methoxy groups -OCH3 is 2. The molecule has 0 aromatic heterocycles. The zero-order valence-electron chi connectivity index (χ0n) is 18.3. The Hall–Kier alpha value is -3.10. The van der Waals surface area contributed by atoms with Gasteiger partial charge in [-0.2, -0.15) is 0 Å². The van der Waals surface area contributed by atoms with Gasteiger partial charge in [0.1, 0.15) is 11.5 Å². The summed E-state index contributed by atoms with van der Waals surface area (Å²) in [7, 11) is 3.05. The number of ether oxygens (including phenoxy) is 2. The molecule has 0 heterocycles. The summed E-state index contributed by atoms with van der Waals surface area (Å²) in [6, 6.07) is 12.6. The van der Waals surface area contributed by atoms with Crippen LogP contribution in [0.5, 0.6) is 11.5 Å². The second-order valence-corrected chi connectivity index (χ2v) is 6.76. The molecule has 0 aliphatic heterocycles. The van der Waals surface area contributed by atoms with E-state index in [1.165, 1.54) is 38.5 Å². The minimum Gasteiger partial charge on any atom is -0.497 e. The van der Waals surface area contributed by atoms with E-state index in [0.717, 1.165) is 25.7 Å². The second-order valence-electron chi connectivity index (χ2n) is 6.76. The van der Waals surface area contributed by atoms with E-state index in [9.17, 15) is 9.59 Å². The number of carbonyl (C=O) groups excluding carboxylic acids is 2. The molecule has 0 saturated heterocycles. The first-order valence-corrected chi connectivity index (χ1v) is 10.3. The fraction of sp³-hybridized carbons (Fsp3) is 0.333. The largest absolute Gasteiger partial charge is 0.497 e. The van der Waals surface area contributed by atoms with Gasteiger partial charge >= 0.3 is 18.2 Å². The normalized spacial score (nSPS) is 10.6. The molecule has 0 aliphatic rings. The first kappa shape index (κ1) is 25.2. The first-order chi connectivity index (χ1) is 15.6. The van der Waals surface area contributed by atoms with Crippen LogP contribution in [0.25, 0.3) is 0 Å². The molecule has 0 saturated carbocycles. The van der Waals surface area contributed by atoms with Crippen LogP contribution in [0.1, 0.15) is 59.2 Å². The molecule has 0 spiro atoms. The Morgan fingerprint density at radius 2 is 1.09 bits per heavy atom. The van der Waals surface area contributed by atoms with E-state index < -0.39 is 11.9 Å². The monoisotopic (exact) mass is 444 g/mol. The second kappa shape index (κ2) is 14.1. The predicted molar refractivity (Wildman–Crippen MR) is 115 cm³/mol. The van der Waals surface area contributed by atoms with Crippen LogP contribution in [0, 0.1) is 13.2 Å². The zero-order chi connectivity index (χ0) is 23.2. The maximum Gasteiger partial charge on any atom is 0.373 e. The minimum atomic E-state index is -0.729. The molecule has 0 N–H and O–H groups in total. The smallest absolute Gasteiger partial charge is 0.373 e. The van der Waals surface area contributed by atoms with Crippen molar-refractivity contribution in [3.8, 4) is 11.5 Å². The highest BCUT2D eigenvalue weighted by molar-refractivity contribution is 5.89. The molecule has 0 fully saturated rings. The summed E-state index contributed by atoms with van der Waals surface area (Å²) in [4.78, 5) is 44.2. The highest BCUT2D eigenvalue weighted by Crippen LogP contribution is 2.20. The average molecular weight is 444 g/mol. The van der Waals surface area contributed by atoms with E-state index in [0.29, 0.717) is 17.9 Å². The maximum atomic E-state index is 12.2. The average Bonchev–Trinajstić information content (AvgIpc) is 2.84. The molecule has 8 heteroatoms. The van der Waals surface area contributed by atoms with Crippen molar-refractivity contribution in [2.24, 2.45) is 0 Å². The lowest BCUT2D eigenvalue weighted by Crippen LogP contribution is -2.16. The fourth-order valence-electron chi connectivity index (χ4n) is 2.62. The Labute approximate surface area is 188 Å². The number of benzene rings is 2. The van der Waals surface area contributed by atoms with E-state index in [1.807, 2.05) is 0 Å². The number of carbonyl (C=O) groups is 2. The first-order valence-electron chi connectivity index (χ1n) is 10.3. The van der Waals surface area contributed by atoms with Crippen molar-refractivity contribution < 1.29 is 38.6 Å². The van der Waals surface area contributed by atoms with Gasteiger partial charge in [0.05, 0.1) is 25.3 Å². The molecule has 32 heavy (non-hydrogen) atoms. The molecule has 172 valence electrons. The van der Waals surface area contributed by atoms with Crippen molar-refractivity contribution in [1.82, 2.24) is 0 Å². The number of rotatable bonds is 14. The van der Waals surface area contributed by atoms with Gasteiger partial charge in [0, 0.05) is 6.42 Å². The summed E-state index contributed by atoms with van der Waals surface area (Å²) in [5, 5.41) is 0. The van der Waals surface area contributed by atoms with E-state index >= 15 is 0 Å². The Kier molecular flexibility index (Phi) is 11.1. The van der Waals surface area contributed by atoms with Gasteiger partial charge in [-0.25, -0.2) is 9.59 Å². The molecule has 2 aromatic rings. The van der Waals surface area contributed by atoms with Crippen LogP contribution in [0.2, 0.25) is 0 Å². The van der Waals surface area contributed by atoms with Crippen LogP contribution >= 0.6 is 0 Å². The van der Waals surface area contributed by atoms with Crippen molar-refractivity contribution in [3.63, 3.8) is 0 Å². The van der Waals surface area contributed by atoms with Crippen molar-refractivity contribution >= 4 is 11.9 Å². The van der Waals surface area contributed by atoms with Gasteiger partial charge in [-0.1, -0.05) is 32.6 Å². The molecule has 2 rings (SSSR count).